The lowest BCUT2D eigenvalue weighted by Crippen LogP contribution is -2.59. The molecule has 2 bridgehead atoms. The van der Waals surface area contributed by atoms with Crippen LogP contribution in [0.2, 0.25) is 0 Å². The molecule has 118 valence electrons. The molecule has 3 aliphatic rings. The molecule has 0 saturated carbocycles. The Hall–Kier alpha value is -1.39. The summed E-state index contributed by atoms with van der Waals surface area (Å²) in [5, 5.41) is 3.46. The minimum atomic E-state index is -0.337. The number of piperidine rings is 1. The Morgan fingerprint density at radius 2 is 2.18 bits per heavy atom. The Labute approximate surface area is 131 Å². The van der Waals surface area contributed by atoms with Gasteiger partial charge in [-0.25, -0.2) is 0 Å². The molecular weight excluding hydrogens is 276 g/mol. The van der Waals surface area contributed by atoms with Gasteiger partial charge in [-0.1, -0.05) is 30.3 Å². The first kappa shape index (κ1) is 14.2. The summed E-state index contributed by atoms with van der Waals surface area (Å²) in [6.45, 7) is 2.68. The Kier molecular flexibility index (Phi) is 3.46. The van der Waals surface area contributed by atoms with Gasteiger partial charge in [-0.05, 0) is 37.3 Å². The maximum Gasteiger partial charge on any atom is 0.315 e. The van der Waals surface area contributed by atoms with Gasteiger partial charge in [-0.2, -0.15) is 0 Å². The highest BCUT2D eigenvalue weighted by atomic mass is 16.5. The number of carbonyl (C=O) groups excluding carboxylic acids is 1. The van der Waals surface area contributed by atoms with Gasteiger partial charge in [0.05, 0.1) is 12.5 Å². The molecule has 22 heavy (non-hydrogen) atoms. The van der Waals surface area contributed by atoms with E-state index in [0.717, 1.165) is 32.5 Å². The summed E-state index contributed by atoms with van der Waals surface area (Å²) in [4.78, 5) is 15.2. The van der Waals surface area contributed by atoms with E-state index in [0.29, 0.717) is 18.0 Å². The van der Waals surface area contributed by atoms with Gasteiger partial charge >= 0.3 is 5.97 Å². The molecule has 0 aliphatic carbocycles. The summed E-state index contributed by atoms with van der Waals surface area (Å²) in [5.41, 5.74) is 1.00. The highest BCUT2D eigenvalue weighted by molar-refractivity contribution is 5.79. The number of benzene rings is 1. The van der Waals surface area contributed by atoms with Crippen LogP contribution in [0.15, 0.2) is 30.3 Å². The van der Waals surface area contributed by atoms with Crippen molar-refractivity contribution in [3.8, 4) is 0 Å². The fourth-order valence-corrected chi connectivity index (χ4v) is 5.13. The second-order valence-electron chi connectivity index (χ2n) is 7.00. The van der Waals surface area contributed by atoms with Crippen LogP contribution in [0.5, 0.6) is 0 Å². The predicted molar refractivity (Wildman–Crippen MR) is 84.2 cm³/mol. The average Bonchev–Trinajstić information content (AvgIpc) is 3.11. The molecule has 1 aromatic rings. The van der Waals surface area contributed by atoms with Crippen LogP contribution in [-0.2, 0) is 16.1 Å². The minimum absolute atomic E-state index is 0.00842. The van der Waals surface area contributed by atoms with Crippen molar-refractivity contribution >= 4 is 5.97 Å². The number of esters is 1. The average molecular weight is 300 g/mol. The lowest BCUT2D eigenvalue weighted by molar-refractivity contribution is -0.163. The standard InChI is InChI=1S/C18H24N2O2/c1-22-17(21)18-12-19-10-14(18)9-15-7-8-16(18)20(15)11-13-5-3-2-4-6-13/h2-6,14-16,19H,7-12H2,1H3/t14?,15-,16?,18?/m0/s1. The summed E-state index contributed by atoms with van der Waals surface area (Å²) in [7, 11) is 1.54. The molecular formula is C18H24N2O2. The number of carbonyl (C=O) groups is 1. The summed E-state index contributed by atoms with van der Waals surface area (Å²) in [5.74, 6) is 0.426. The molecule has 0 spiro atoms. The topological polar surface area (TPSA) is 41.6 Å². The molecule has 4 rings (SSSR count). The molecule has 3 heterocycles. The normalized spacial score (nSPS) is 37.0. The van der Waals surface area contributed by atoms with Crippen molar-refractivity contribution in [1.82, 2.24) is 10.2 Å². The van der Waals surface area contributed by atoms with Crippen molar-refractivity contribution in [2.24, 2.45) is 11.3 Å². The third kappa shape index (κ3) is 1.94. The van der Waals surface area contributed by atoms with Crippen LogP contribution in [0.4, 0.5) is 0 Å². The second-order valence-corrected chi connectivity index (χ2v) is 7.00. The van der Waals surface area contributed by atoms with Crippen molar-refractivity contribution in [2.45, 2.75) is 37.9 Å². The van der Waals surface area contributed by atoms with E-state index in [1.54, 1.807) is 0 Å². The number of hydrogen-bond donors (Lipinski definition) is 1. The molecule has 1 N–H and O–H groups in total. The van der Waals surface area contributed by atoms with E-state index in [1.807, 2.05) is 0 Å². The van der Waals surface area contributed by atoms with E-state index in [-0.39, 0.29) is 11.4 Å². The van der Waals surface area contributed by atoms with Crippen molar-refractivity contribution in [2.75, 3.05) is 20.2 Å². The summed E-state index contributed by atoms with van der Waals surface area (Å²) < 4.78 is 5.24. The van der Waals surface area contributed by atoms with Gasteiger partial charge in [-0.15, -0.1) is 0 Å². The number of rotatable bonds is 3. The smallest absolute Gasteiger partial charge is 0.315 e. The zero-order valence-corrected chi connectivity index (χ0v) is 13.1. The minimum Gasteiger partial charge on any atom is -0.468 e. The number of nitrogens with one attached hydrogen (secondary N) is 1. The number of methoxy groups -OCH3 is 1. The highest BCUT2D eigenvalue weighted by Gasteiger charge is 2.62. The summed E-state index contributed by atoms with van der Waals surface area (Å²) in [6.07, 6.45) is 3.45. The number of hydrogen-bond acceptors (Lipinski definition) is 4. The van der Waals surface area contributed by atoms with Gasteiger partial charge in [0.2, 0.25) is 0 Å². The first-order valence-electron chi connectivity index (χ1n) is 8.34. The molecule has 4 atom stereocenters. The number of nitrogens with zero attached hydrogens (tertiary/aromatic N) is 1. The maximum atomic E-state index is 12.7. The van der Waals surface area contributed by atoms with Crippen LogP contribution in [0, 0.1) is 11.3 Å². The fourth-order valence-electron chi connectivity index (χ4n) is 5.13. The van der Waals surface area contributed by atoms with Gasteiger partial charge in [0.25, 0.3) is 0 Å². The zero-order valence-electron chi connectivity index (χ0n) is 13.1. The van der Waals surface area contributed by atoms with E-state index in [4.69, 9.17) is 4.74 Å². The van der Waals surface area contributed by atoms with E-state index < -0.39 is 0 Å². The number of ether oxygens (including phenoxy) is 1. The molecule has 1 aromatic carbocycles. The van der Waals surface area contributed by atoms with Gasteiger partial charge in [0, 0.05) is 25.2 Å². The molecule has 0 amide bonds. The zero-order chi connectivity index (χ0) is 15.2. The van der Waals surface area contributed by atoms with Crippen LogP contribution in [0.3, 0.4) is 0 Å². The van der Waals surface area contributed by atoms with Crippen LogP contribution in [0.25, 0.3) is 0 Å². The van der Waals surface area contributed by atoms with E-state index >= 15 is 0 Å². The Morgan fingerprint density at radius 3 is 2.95 bits per heavy atom. The van der Waals surface area contributed by atoms with Crippen LogP contribution in [0.1, 0.15) is 24.8 Å². The predicted octanol–water partition coefficient (Wildman–Crippen LogP) is 1.80. The molecule has 0 radical (unpaired) electrons. The summed E-state index contributed by atoms with van der Waals surface area (Å²) in [6, 6.07) is 11.5. The Morgan fingerprint density at radius 1 is 1.36 bits per heavy atom. The first-order chi connectivity index (χ1) is 10.8. The SMILES string of the molecule is COC(=O)C12CNCC1C[C@@H]1CCC2N1Cc1ccccc1. The van der Waals surface area contributed by atoms with Gasteiger partial charge in [0.15, 0.2) is 0 Å². The third-order valence-electron chi connectivity index (χ3n) is 6.10. The van der Waals surface area contributed by atoms with E-state index in [1.165, 1.54) is 19.1 Å². The first-order valence-corrected chi connectivity index (χ1v) is 8.34. The third-order valence-corrected chi connectivity index (χ3v) is 6.10. The molecule has 0 aromatic heterocycles. The van der Waals surface area contributed by atoms with Crippen molar-refractivity contribution < 1.29 is 9.53 Å². The van der Waals surface area contributed by atoms with Crippen LogP contribution >= 0.6 is 0 Å². The molecule has 4 heteroatoms. The largest absolute Gasteiger partial charge is 0.468 e. The second kappa shape index (κ2) is 5.36. The molecule has 3 saturated heterocycles. The highest BCUT2D eigenvalue weighted by Crippen LogP contribution is 2.52. The molecule has 4 nitrogen and oxygen atoms in total. The van der Waals surface area contributed by atoms with Gasteiger partial charge < -0.3 is 10.1 Å². The molecule has 3 unspecified atom stereocenters. The van der Waals surface area contributed by atoms with Gasteiger partial charge in [-0.3, -0.25) is 9.69 Å². The maximum absolute atomic E-state index is 12.7. The van der Waals surface area contributed by atoms with Crippen molar-refractivity contribution in [3.63, 3.8) is 0 Å². The quantitative estimate of drug-likeness (QED) is 0.864. The van der Waals surface area contributed by atoms with Crippen LogP contribution < -0.4 is 5.32 Å². The number of fused-ring (bicyclic) bond motifs is 4. The van der Waals surface area contributed by atoms with Crippen LogP contribution in [-0.4, -0.2) is 43.2 Å². The van der Waals surface area contributed by atoms with Gasteiger partial charge in [0.1, 0.15) is 0 Å². The van der Waals surface area contributed by atoms with Crippen molar-refractivity contribution in [1.29, 1.82) is 0 Å². The summed E-state index contributed by atoms with van der Waals surface area (Å²) >= 11 is 0. The fraction of sp³-hybridized carbons (Fsp3) is 0.611. The lowest BCUT2D eigenvalue weighted by atomic mass is 9.68. The Bertz CT molecular complexity index is 561. The van der Waals surface area contributed by atoms with E-state index in [9.17, 15) is 4.79 Å². The molecule has 3 aliphatic heterocycles. The van der Waals surface area contributed by atoms with Crippen molar-refractivity contribution in [3.05, 3.63) is 35.9 Å². The molecule has 3 fully saturated rings. The lowest BCUT2D eigenvalue weighted by Gasteiger charge is -2.48. The Balaban J connectivity index is 1.66. The monoisotopic (exact) mass is 300 g/mol. The van der Waals surface area contributed by atoms with E-state index in [2.05, 4.69) is 40.5 Å².